The average Bonchev–Trinajstić information content (AvgIpc) is 3.06. The van der Waals surface area contributed by atoms with Gasteiger partial charge >= 0.3 is 6.01 Å². The number of nitrogens with one attached hydrogen (secondary N) is 1. The topological polar surface area (TPSA) is 76.1 Å². The van der Waals surface area contributed by atoms with Crippen LogP contribution < -0.4 is 15.0 Å². The first kappa shape index (κ1) is 15.5. The summed E-state index contributed by atoms with van der Waals surface area (Å²) in [6.07, 6.45) is 2.43. The normalized spacial score (nSPS) is 14.1. The largest absolute Gasteiger partial charge is 0.467 e. The minimum atomic E-state index is 0.365. The molecule has 0 radical (unpaired) electrons. The van der Waals surface area contributed by atoms with Gasteiger partial charge in [0.1, 0.15) is 5.82 Å². The van der Waals surface area contributed by atoms with Crippen LogP contribution in [0.5, 0.6) is 6.01 Å². The second-order valence-corrected chi connectivity index (χ2v) is 5.73. The number of anilines is 2. The summed E-state index contributed by atoms with van der Waals surface area (Å²) < 4.78 is 5.10. The van der Waals surface area contributed by atoms with Crippen molar-refractivity contribution >= 4 is 11.8 Å². The Hall–Kier alpha value is -2.44. The quantitative estimate of drug-likeness (QED) is 0.905. The molecule has 0 saturated carbocycles. The zero-order chi connectivity index (χ0) is 16.2. The van der Waals surface area contributed by atoms with Gasteiger partial charge in [0.25, 0.3) is 0 Å². The van der Waals surface area contributed by atoms with Crippen LogP contribution in [0.3, 0.4) is 0 Å². The van der Waals surface area contributed by atoms with Crippen LogP contribution in [0.2, 0.25) is 0 Å². The molecule has 0 aromatic carbocycles. The van der Waals surface area contributed by atoms with Crippen LogP contribution in [0, 0.1) is 13.8 Å². The summed E-state index contributed by atoms with van der Waals surface area (Å²) in [4.78, 5) is 19.9. The standard InChI is InChI=1S/C16H22N6O/c1-11-8-13(20-15(18-11)22-6-4-5-7-22)10-17-14-9-12(2)19-16(21-14)23-3/h8-9H,4-7,10H2,1-3H3,(H,17,19,21). The van der Waals surface area contributed by atoms with E-state index in [0.29, 0.717) is 12.6 Å². The summed E-state index contributed by atoms with van der Waals surface area (Å²) in [5.41, 5.74) is 2.79. The predicted octanol–water partition coefficient (Wildman–Crippen LogP) is 2.10. The Morgan fingerprint density at radius 1 is 1.04 bits per heavy atom. The fourth-order valence-corrected chi connectivity index (χ4v) is 2.67. The molecule has 3 heterocycles. The molecule has 1 N–H and O–H groups in total. The van der Waals surface area contributed by atoms with Crippen LogP contribution in [0.15, 0.2) is 12.1 Å². The van der Waals surface area contributed by atoms with Gasteiger partial charge in [-0.3, -0.25) is 0 Å². The summed E-state index contributed by atoms with van der Waals surface area (Å²) in [5, 5.41) is 3.28. The van der Waals surface area contributed by atoms with E-state index in [1.807, 2.05) is 26.0 Å². The van der Waals surface area contributed by atoms with Crippen molar-refractivity contribution in [3.8, 4) is 6.01 Å². The van der Waals surface area contributed by atoms with E-state index in [2.05, 4.69) is 30.2 Å². The van der Waals surface area contributed by atoms with Gasteiger partial charge in [0.15, 0.2) is 0 Å². The summed E-state index contributed by atoms with van der Waals surface area (Å²) in [5.74, 6) is 1.56. The summed E-state index contributed by atoms with van der Waals surface area (Å²) in [6.45, 7) is 6.58. The molecule has 0 aliphatic carbocycles. The molecule has 1 aliphatic rings. The lowest BCUT2D eigenvalue weighted by Crippen LogP contribution is -2.21. The molecule has 7 nitrogen and oxygen atoms in total. The van der Waals surface area contributed by atoms with Gasteiger partial charge in [-0.25, -0.2) is 15.0 Å². The third-order valence-electron chi connectivity index (χ3n) is 3.75. The van der Waals surface area contributed by atoms with Gasteiger partial charge in [-0.1, -0.05) is 0 Å². The number of hydrogen-bond acceptors (Lipinski definition) is 7. The summed E-state index contributed by atoms with van der Waals surface area (Å²) in [7, 11) is 1.56. The second-order valence-electron chi connectivity index (χ2n) is 5.73. The SMILES string of the molecule is COc1nc(C)cc(NCc2cc(C)nc(N3CCCC3)n2)n1. The Labute approximate surface area is 136 Å². The van der Waals surface area contributed by atoms with Crippen molar-refractivity contribution in [3.05, 3.63) is 29.2 Å². The molecule has 122 valence electrons. The van der Waals surface area contributed by atoms with E-state index in [1.54, 1.807) is 7.11 Å². The van der Waals surface area contributed by atoms with Crippen molar-refractivity contribution in [1.82, 2.24) is 19.9 Å². The van der Waals surface area contributed by atoms with E-state index in [4.69, 9.17) is 4.74 Å². The first-order valence-corrected chi connectivity index (χ1v) is 7.87. The molecule has 3 rings (SSSR count). The second kappa shape index (κ2) is 6.76. The number of ether oxygens (including phenoxy) is 1. The average molecular weight is 314 g/mol. The van der Waals surface area contributed by atoms with Crippen LogP contribution in [0.25, 0.3) is 0 Å². The first-order valence-electron chi connectivity index (χ1n) is 7.87. The molecule has 0 unspecified atom stereocenters. The molecule has 7 heteroatoms. The van der Waals surface area contributed by atoms with Crippen LogP contribution in [-0.4, -0.2) is 40.1 Å². The Bertz CT molecular complexity index is 684. The number of methoxy groups -OCH3 is 1. The van der Waals surface area contributed by atoms with Crippen molar-refractivity contribution < 1.29 is 4.74 Å². The molecule has 2 aromatic rings. The van der Waals surface area contributed by atoms with Gasteiger partial charge in [-0.2, -0.15) is 4.98 Å². The molecule has 0 bridgehead atoms. The van der Waals surface area contributed by atoms with E-state index in [0.717, 1.165) is 41.9 Å². The minimum Gasteiger partial charge on any atom is -0.467 e. The number of rotatable bonds is 5. The lowest BCUT2D eigenvalue weighted by molar-refractivity contribution is 0.379. The molecule has 1 saturated heterocycles. The van der Waals surface area contributed by atoms with Crippen LogP contribution >= 0.6 is 0 Å². The molecule has 2 aromatic heterocycles. The molecule has 1 fully saturated rings. The van der Waals surface area contributed by atoms with Crippen molar-refractivity contribution in [1.29, 1.82) is 0 Å². The molecule has 0 spiro atoms. The van der Waals surface area contributed by atoms with Crippen molar-refractivity contribution in [2.24, 2.45) is 0 Å². The highest BCUT2D eigenvalue weighted by Gasteiger charge is 2.16. The van der Waals surface area contributed by atoms with Gasteiger partial charge in [0.05, 0.1) is 19.3 Å². The smallest absolute Gasteiger partial charge is 0.318 e. The van der Waals surface area contributed by atoms with Crippen LogP contribution in [0.1, 0.15) is 29.9 Å². The highest BCUT2D eigenvalue weighted by molar-refractivity contribution is 5.39. The van der Waals surface area contributed by atoms with Gasteiger partial charge in [-0.15, -0.1) is 0 Å². The maximum Gasteiger partial charge on any atom is 0.318 e. The van der Waals surface area contributed by atoms with Crippen LogP contribution in [0.4, 0.5) is 11.8 Å². The molecular weight excluding hydrogens is 292 g/mol. The van der Waals surface area contributed by atoms with E-state index in [1.165, 1.54) is 12.8 Å². The monoisotopic (exact) mass is 314 g/mol. The van der Waals surface area contributed by atoms with Crippen molar-refractivity contribution in [2.45, 2.75) is 33.2 Å². The third-order valence-corrected chi connectivity index (χ3v) is 3.75. The van der Waals surface area contributed by atoms with Gasteiger partial charge in [0.2, 0.25) is 5.95 Å². The van der Waals surface area contributed by atoms with Gasteiger partial charge in [-0.05, 0) is 32.8 Å². The number of aromatic nitrogens is 4. The number of hydrogen-bond donors (Lipinski definition) is 1. The third kappa shape index (κ3) is 3.85. The number of aryl methyl sites for hydroxylation is 2. The zero-order valence-electron chi connectivity index (χ0n) is 13.8. The van der Waals surface area contributed by atoms with Crippen LogP contribution in [-0.2, 0) is 6.54 Å². The maximum absolute atomic E-state index is 5.10. The summed E-state index contributed by atoms with van der Waals surface area (Å²) >= 11 is 0. The minimum absolute atomic E-state index is 0.365. The van der Waals surface area contributed by atoms with Crippen molar-refractivity contribution in [3.63, 3.8) is 0 Å². The highest BCUT2D eigenvalue weighted by atomic mass is 16.5. The molecule has 0 amide bonds. The Morgan fingerprint density at radius 2 is 1.78 bits per heavy atom. The lowest BCUT2D eigenvalue weighted by atomic mass is 10.3. The fraction of sp³-hybridized carbons (Fsp3) is 0.500. The van der Waals surface area contributed by atoms with Gasteiger partial charge in [0, 0.05) is 30.5 Å². The fourth-order valence-electron chi connectivity index (χ4n) is 2.67. The maximum atomic E-state index is 5.10. The Balaban J connectivity index is 1.74. The van der Waals surface area contributed by atoms with Crippen molar-refractivity contribution in [2.75, 3.05) is 30.4 Å². The van der Waals surface area contributed by atoms with E-state index < -0.39 is 0 Å². The van der Waals surface area contributed by atoms with E-state index in [9.17, 15) is 0 Å². The zero-order valence-corrected chi connectivity index (χ0v) is 13.8. The summed E-state index contributed by atoms with van der Waals surface area (Å²) in [6, 6.07) is 4.25. The Kier molecular flexibility index (Phi) is 4.55. The lowest BCUT2D eigenvalue weighted by Gasteiger charge is -2.16. The van der Waals surface area contributed by atoms with Gasteiger partial charge < -0.3 is 15.0 Å². The first-order chi connectivity index (χ1) is 11.1. The van der Waals surface area contributed by atoms with E-state index in [-0.39, 0.29) is 0 Å². The highest BCUT2D eigenvalue weighted by Crippen LogP contribution is 2.17. The van der Waals surface area contributed by atoms with E-state index >= 15 is 0 Å². The molecular formula is C16H22N6O. The number of nitrogens with zero attached hydrogens (tertiary/aromatic N) is 5. The molecule has 23 heavy (non-hydrogen) atoms. The molecule has 1 aliphatic heterocycles. The molecule has 0 atom stereocenters. The Morgan fingerprint density at radius 3 is 2.52 bits per heavy atom. The predicted molar refractivity (Wildman–Crippen MR) is 88.9 cm³/mol.